The summed E-state index contributed by atoms with van der Waals surface area (Å²) in [7, 11) is 0. The van der Waals surface area contributed by atoms with Gasteiger partial charge in [-0.3, -0.25) is 9.78 Å². The van der Waals surface area contributed by atoms with E-state index in [1.165, 1.54) is 0 Å². The van der Waals surface area contributed by atoms with Crippen LogP contribution in [0.4, 0.5) is 0 Å². The molecular weight excluding hydrogens is 292 g/mol. The Morgan fingerprint density at radius 2 is 1.90 bits per heavy atom. The lowest BCUT2D eigenvalue weighted by Crippen LogP contribution is -2.30. The highest BCUT2D eigenvalue weighted by Crippen LogP contribution is 2.38. The molecule has 0 aliphatic carbocycles. The Hall–Kier alpha value is -1.52. The largest absolute Gasteiger partial charge is 0.322 e. The van der Waals surface area contributed by atoms with Gasteiger partial charge >= 0.3 is 0 Å². The average Bonchev–Trinajstić information content (AvgIpc) is 2.97. The van der Waals surface area contributed by atoms with Crippen molar-refractivity contribution in [2.45, 2.75) is 5.37 Å². The van der Waals surface area contributed by atoms with Crippen LogP contribution in [0.25, 0.3) is 0 Å². The Bertz CT molecular complexity index is 603. The normalized spacial score (nSPS) is 18.2. The number of pyridine rings is 1. The van der Waals surface area contributed by atoms with Crippen molar-refractivity contribution in [2.75, 3.05) is 12.3 Å². The summed E-state index contributed by atoms with van der Waals surface area (Å²) in [5, 5.41) is 0.712. The van der Waals surface area contributed by atoms with Gasteiger partial charge in [0, 0.05) is 35.3 Å². The standard InChI is InChI=1S/C15H13ClN2OS/c16-13-3-1-11(2-4-13)14(19)18-9-10-20-15(18)12-5-7-17-8-6-12/h1-8,15H,9-10H2/t15-/m0/s1. The molecule has 0 radical (unpaired) electrons. The molecule has 1 aliphatic heterocycles. The third-order valence-electron chi connectivity index (χ3n) is 3.23. The molecule has 0 unspecified atom stereocenters. The van der Waals surface area contributed by atoms with Gasteiger partial charge in [-0.2, -0.15) is 0 Å². The minimum absolute atomic E-state index is 0.0495. The summed E-state index contributed by atoms with van der Waals surface area (Å²) in [6, 6.07) is 11.0. The molecule has 0 spiro atoms. The summed E-state index contributed by atoms with van der Waals surface area (Å²) in [5.41, 5.74) is 1.79. The lowest BCUT2D eigenvalue weighted by Gasteiger charge is -2.24. The maximum atomic E-state index is 12.6. The number of carbonyl (C=O) groups excluding carboxylic acids is 1. The molecule has 5 heteroatoms. The molecule has 0 saturated carbocycles. The van der Waals surface area contributed by atoms with Crippen molar-refractivity contribution < 1.29 is 4.79 Å². The van der Waals surface area contributed by atoms with Gasteiger partial charge < -0.3 is 4.90 Å². The van der Waals surface area contributed by atoms with Gasteiger partial charge in [0.2, 0.25) is 0 Å². The lowest BCUT2D eigenvalue weighted by atomic mass is 10.1. The molecule has 1 aromatic heterocycles. The lowest BCUT2D eigenvalue weighted by molar-refractivity contribution is 0.0760. The zero-order valence-electron chi connectivity index (χ0n) is 10.7. The van der Waals surface area contributed by atoms with Crippen LogP contribution in [0.2, 0.25) is 5.02 Å². The summed E-state index contributed by atoms with van der Waals surface area (Å²) in [6.45, 7) is 0.763. The number of halogens is 1. The number of amides is 1. The molecule has 3 nitrogen and oxygen atoms in total. The van der Waals surface area contributed by atoms with Gasteiger partial charge in [-0.05, 0) is 42.0 Å². The number of carbonyl (C=O) groups is 1. The van der Waals surface area contributed by atoms with Crippen molar-refractivity contribution in [2.24, 2.45) is 0 Å². The van der Waals surface area contributed by atoms with E-state index in [1.807, 2.05) is 17.0 Å². The van der Waals surface area contributed by atoms with E-state index < -0.39 is 0 Å². The van der Waals surface area contributed by atoms with Crippen molar-refractivity contribution in [1.29, 1.82) is 0 Å². The summed E-state index contributed by atoms with van der Waals surface area (Å²) >= 11 is 7.65. The van der Waals surface area contributed by atoms with Crippen LogP contribution in [0.1, 0.15) is 21.3 Å². The zero-order chi connectivity index (χ0) is 13.9. The first-order valence-electron chi connectivity index (χ1n) is 6.34. The number of aromatic nitrogens is 1. The number of thioether (sulfide) groups is 1. The van der Waals surface area contributed by atoms with E-state index in [0.717, 1.165) is 17.9 Å². The van der Waals surface area contributed by atoms with Gasteiger partial charge in [0.15, 0.2) is 0 Å². The van der Waals surface area contributed by atoms with Crippen molar-refractivity contribution in [3.8, 4) is 0 Å². The minimum Gasteiger partial charge on any atom is -0.322 e. The SMILES string of the molecule is O=C(c1ccc(Cl)cc1)N1CCS[C@H]1c1ccncc1. The fourth-order valence-corrected chi connectivity index (χ4v) is 3.62. The fourth-order valence-electron chi connectivity index (χ4n) is 2.24. The predicted octanol–water partition coefficient (Wildman–Crippen LogP) is 3.62. The van der Waals surface area contributed by atoms with E-state index in [9.17, 15) is 4.79 Å². The van der Waals surface area contributed by atoms with Crippen molar-refractivity contribution >= 4 is 29.3 Å². The quantitative estimate of drug-likeness (QED) is 0.849. The number of hydrogen-bond acceptors (Lipinski definition) is 3. The van der Waals surface area contributed by atoms with Crippen LogP contribution in [0.5, 0.6) is 0 Å². The van der Waals surface area contributed by atoms with E-state index >= 15 is 0 Å². The molecule has 1 aliphatic rings. The maximum Gasteiger partial charge on any atom is 0.255 e. The van der Waals surface area contributed by atoms with Crippen LogP contribution in [0.3, 0.4) is 0 Å². The van der Waals surface area contributed by atoms with Crippen LogP contribution in [-0.4, -0.2) is 28.1 Å². The first kappa shape index (κ1) is 13.5. The maximum absolute atomic E-state index is 12.6. The Morgan fingerprint density at radius 3 is 2.60 bits per heavy atom. The van der Waals surface area contributed by atoms with E-state index in [2.05, 4.69) is 4.98 Å². The second-order valence-electron chi connectivity index (χ2n) is 4.51. The Morgan fingerprint density at radius 1 is 1.20 bits per heavy atom. The van der Waals surface area contributed by atoms with E-state index in [-0.39, 0.29) is 11.3 Å². The van der Waals surface area contributed by atoms with Crippen LogP contribution in [0, 0.1) is 0 Å². The number of hydrogen-bond donors (Lipinski definition) is 0. The topological polar surface area (TPSA) is 33.2 Å². The third kappa shape index (κ3) is 2.67. The molecule has 1 fully saturated rings. The summed E-state index contributed by atoms with van der Waals surface area (Å²) in [5.74, 6) is 1.00. The van der Waals surface area contributed by atoms with Gasteiger partial charge in [-0.15, -0.1) is 11.8 Å². The van der Waals surface area contributed by atoms with Crippen LogP contribution in [0.15, 0.2) is 48.8 Å². The molecule has 3 rings (SSSR count). The van der Waals surface area contributed by atoms with E-state index in [4.69, 9.17) is 11.6 Å². The van der Waals surface area contributed by atoms with Crippen LogP contribution >= 0.6 is 23.4 Å². The van der Waals surface area contributed by atoms with Crippen molar-refractivity contribution in [3.05, 3.63) is 64.9 Å². The fraction of sp³-hybridized carbons (Fsp3) is 0.200. The second-order valence-corrected chi connectivity index (χ2v) is 6.13. The third-order valence-corrected chi connectivity index (χ3v) is 4.75. The van der Waals surface area contributed by atoms with Crippen LogP contribution < -0.4 is 0 Å². The highest BCUT2D eigenvalue weighted by molar-refractivity contribution is 7.99. The van der Waals surface area contributed by atoms with E-state index in [0.29, 0.717) is 10.6 Å². The molecule has 1 aromatic carbocycles. The van der Waals surface area contributed by atoms with Crippen LogP contribution in [-0.2, 0) is 0 Å². The monoisotopic (exact) mass is 304 g/mol. The minimum atomic E-state index is 0.0495. The van der Waals surface area contributed by atoms with Gasteiger partial charge in [0.25, 0.3) is 5.91 Å². The number of benzene rings is 1. The molecule has 1 saturated heterocycles. The molecule has 1 atom stereocenters. The Kier molecular flexibility index (Phi) is 3.94. The summed E-state index contributed by atoms with van der Waals surface area (Å²) in [6.07, 6.45) is 3.53. The molecule has 1 amide bonds. The molecular formula is C15H13ClN2OS. The van der Waals surface area contributed by atoms with Gasteiger partial charge in [-0.25, -0.2) is 0 Å². The Balaban J connectivity index is 1.85. The number of nitrogens with zero attached hydrogens (tertiary/aromatic N) is 2. The highest BCUT2D eigenvalue weighted by Gasteiger charge is 2.31. The van der Waals surface area contributed by atoms with Crippen molar-refractivity contribution in [1.82, 2.24) is 9.88 Å². The molecule has 0 bridgehead atoms. The molecule has 20 heavy (non-hydrogen) atoms. The van der Waals surface area contributed by atoms with Gasteiger partial charge in [0.05, 0.1) is 0 Å². The molecule has 102 valence electrons. The second kappa shape index (κ2) is 5.85. The predicted molar refractivity (Wildman–Crippen MR) is 81.9 cm³/mol. The van der Waals surface area contributed by atoms with Gasteiger partial charge in [-0.1, -0.05) is 11.6 Å². The Labute approximate surface area is 127 Å². The summed E-state index contributed by atoms with van der Waals surface area (Å²) in [4.78, 5) is 18.5. The zero-order valence-corrected chi connectivity index (χ0v) is 12.3. The first-order chi connectivity index (χ1) is 9.75. The average molecular weight is 305 g/mol. The first-order valence-corrected chi connectivity index (χ1v) is 7.76. The smallest absolute Gasteiger partial charge is 0.255 e. The molecule has 2 heterocycles. The molecule has 0 N–H and O–H groups in total. The van der Waals surface area contributed by atoms with Crippen molar-refractivity contribution in [3.63, 3.8) is 0 Å². The summed E-state index contributed by atoms with van der Waals surface area (Å²) < 4.78 is 0. The number of rotatable bonds is 2. The highest BCUT2D eigenvalue weighted by atomic mass is 35.5. The van der Waals surface area contributed by atoms with Gasteiger partial charge in [0.1, 0.15) is 5.37 Å². The molecule has 2 aromatic rings. The van der Waals surface area contributed by atoms with E-state index in [1.54, 1.807) is 48.4 Å².